The maximum atomic E-state index is 12.5. The van der Waals surface area contributed by atoms with Crippen molar-refractivity contribution in [2.75, 3.05) is 37.7 Å². The van der Waals surface area contributed by atoms with Gasteiger partial charge < -0.3 is 9.64 Å². The van der Waals surface area contributed by atoms with E-state index in [1.807, 2.05) is 24.3 Å². The lowest BCUT2D eigenvalue weighted by molar-refractivity contribution is 0.0804. The average molecular weight is 416 g/mol. The Kier molecular flexibility index (Phi) is 5.84. The minimum Gasteiger partial charge on any atom is -0.471 e. The normalized spacial score (nSPS) is 15.1. The smallest absolute Gasteiger partial charge is 0.347 e. The van der Waals surface area contributed by atoms with E-state index in [-0.39, 0.29) is 11.6 Å². The molecule has 0 N–H and O–H groups in total. The van der Waals surface area contributed by atoms with Crippen molar-refractivity contribution in [3.05, 3.63) is 53.0 Å². The molecular weight excluding hydrogens is 394 g/mol. The van der Waals surface area contributed by atoms with Gasteiger partial charge in [0.2, 0.25) is 5.88 Å². The minimum atomic E-state index is -2.56. The van der Waals surface area contributed by atoms with Crippen LogP contribution < -0.4 is 15.3 Å². The van der Waals surface area contributed by atoms with Crippen molar-refractivity contribution in [1.82, 2.24) is 24.4 Å². The van der Waals surface area contributed by atoms with Crippen molar-refractivity contribution in [3.63, 3.8) is 0 Å². The Morgan fingerprint density at radius 3 is 2.67 bits per heavy atom. The SMILES string of the molecule is Cn1c(CN2CCN(c3ccc4ncnc(OCC(F)F)c4c3)CC2)ccnc1=O. The fourth-order valence-corrected chi connectivity index (χ4v) is 3.53. The fraction of sp³-hybridized carbons (Fsp3) is 0.400. The van der Waals surface area contributed by atoms with Crippen LogP contribution in [0.4, 0.5) is 14.5 Å². The first-order valence-corrected chi connectivity index (χ1v) is 9.65. The number of hydrogen-bond donors (Lipinski definition) is 0. The first-order chi connectivity index (χ1) is 14.5. The molecular formula is C20H22F2N6O2. The molecule has 0 atom stereocenters. The maximum absolute atomic E-state index is 12.5. The van der Waals surface area contributed by atoms with Gasteiger partial charge >= 0.3 is 5.69 Å². The number of piperazine rings is 1. The zero-order valence-electron chi connectivity index (χ0n) is 16.5. The second-order valence-corrected chi connectivity index (χ2v) is 7.12. The molecule has 0 spiro atoms. The molecule has 0 bridgehead atoms. The van der Waals surface area contributed by atoms with Crippen molar-refractivity contribution in [1.29, 1.82) is 0 Å². The Balaban J connectivity index is 1.46. The Morgan fingerprint density at radius 2 is 1.90 bits per heavy atom. The van der Waals surface area contributed by atoms with Gasteiger partial charge in [0.1, 0.15) is 6.33 Å². The molecule has 0 radical (unpaired) electrons. The van der Waals surface area contributed by atoms with Crippen LogP contribution in [0.3, 0.4) is 0 Å². The predicted molar refractivity (Wildman–Crippen MR) is 108 cm³/mol. The molecule has 1 aromatic carbocycles. The van der Waals surface area contributed by atoms with E-state index in [1.165, 1.54) is 6.33 Å². The third kappa shape index (κ3) is 4.38. The number of hydrogen-bond acceptors (Lipinski definition) is 7. The molecule has 0 aliphatic carbocycles. The molecule has 2 aromatic heterocycles. The first-order valence-electron chi connectivity index (χ1n) is 9.65. The molecule has 0 amide bonds. The zero-order chi connectivity index (χ0) is 21.1. The van der Waals surface area contributed by atoms with Crippen LogP contribution in [0.1, 0.15) is 5.69 Å². The number of fused-ring (bicyclic) bond motifs is 1. The number of benzene rings is 1. The minimum absolute atomic E-state index is 0.166. The van der Waals surface area contributed by atoms with E-state index < -0.39 is 13.0 Å². The Labute approximate surface area is 171 Å². The quantitative estimate of drug-likeness (QED) is 0.605. The van der Waals surface area contributed by atoms with E-state index in [0.717, 1.165) is 37.6 Å². The summed E-state index contributed by atoms with van der Waals surface area (Å²) in [7, 11) is 1.73. The van der Waals surface area contributed by atoms with Crippen LogP contribution in [0.25, 0.3) is 10.9 Å². The average Bonchev–Trinajstić information content (AvgIpc) is 2.75. The van der Waals surface area contributed by atoms with E-state index in [2.05, 4.69) is 24.8 Å². The molecule has 0 unspecified atom stereocenters. The van der Waals surface area contributed by atoms with Crippen LogP contribution in [0, 0.1) is 0 Å². The van der Waals surface area contributed by atoms with Gasteiger partial charge in [-0.15, -0.1) is 0 Å². The number of halogens is 2. The second-order valence-electron chi connectivity index (χ2n) is 7.12. The van der Waals surface area contributed by atoms with Crippen molar-refractivity contribution < 1.29 is 13.5 Å². The summed E-state index contributed by atoms with van der Waals surface area (Å²) in [5, 5.41) is 0.616. The van der Waals surface area contributed by atoms with Gasteiger partial charge in [-0.05, 0) is 24.3 Å². The van der Waals surface area contributed by atoms with Gasteiger partial charge in [-0.1, -0.05) is 0 Å². The summed E-state index contributed by atoms with van der Waals surface area (Å²) in [4.78, 5) is 28.2. The second kappa shape index (κ2) is 8.70. The lowest BCUT2D eigenvalue weighted by atomic mass is 10.2. The highest BCUT2D eigenvalue weighted by atomic mass is 19.3. The summed E-state index contributed by atoms with van der Waals surface area (Å²) in [6.45, 7) is 3.23. The van der Waals surface area contributed by atoms with Crippen molar-refractivity contribution in [2.24, 2.45) is 7.05 Å². The summed E-state index contributed by atoms with van der Waals surface area (Å²) in [5.41, 5.74) is 2.28. The molecule has 30 heavy (non-hydrogen) atoms. The molecule has 4 rings (SSSR count). The Hall–Kier alpha value is -3.14. The molecule has 1 saturated heterocycles. The molecule has 3 heterocycles. The largest absolute Gasteiger partial charge is 0.471 e. The number of anilines is 1. The van der Waals surface area contributed by atoms with Gasteiger partial charge in [-0.3, -0.25) is 9.47 Å². The van der Waals surface area contributed by atoms with Crippen molar-refractivity contribution >= 4 is 16.6 Å². The number of aromatic nitrogens is 4. The Morgan fingerprint density at radius 1 is 1.10 bits per heavy atom. The summed E-state index contributed by atoms with van der Waals surface area (Å²) >= 11 is 0. The molecule has 1 fully saturated rings. The number of rotatable bonds is 6. The number of alkyl halides is 2. The molecule has 8 nitrogen and oxygen atoms in total. The first kappa shape index (κ1) is 20.1. The highest BCUT2D eigenvalue weighted by Gasteiger charge is 2.19. The predicted octanol–water partition coefficient (Wildman–Crippen LogP) is 1.69. The van der Waals surface area contributed by atoms with Gasteiger partial charge in [-0.25, -0.2) is 28.5 Å². The maximum Gasteiger partial charge on any atom is 0.347 e. The van der Waals surface area contributed by atoms with E-state index in [0.29, 0.717) is 17.4 Å². The standard InChI is InChI=1S/C20H22F2N6O2/c1-26-15(4-5-23-20(26)29)11-27-6-8-28(9-7-27)14-2-3-17-16(10-14)19(25-13-24-17)30-12-18(21)22/h2-5,10,13,18H,6-9,11-12H2,1H3. The Bertz CT molecular complexity index is 1080. The van der Waals surface area contributed by atoms with Crippen molar-refractivity contribution in [2.45, 2.75) is 13.0 Å². The molecule has 1 aliphatic heterocycles. The van der Waals surface area contributed by atoms with Gasteiger partial charge in [0.05, 0.1) is 10.9 Å². The summed E-state index contributed by atoms with van der Waals surface area (Å²) in [6, 6.07) is 7.56. The number of ether oxygens (including phenoxy) is 1. The van der Waals surface area contributed by atoms with E-state index in [1.54, 1.807) is 17.8 Å². The molecule has 10 heteroatoms. The summed E-state index contributed by atoms with van der Waals surface area (Å²) in [5.74, 6) is 0.166. The summed E-state index contributed by atoms with van der Waals surface area (Å²) < 4.78 is 31.8. The van der Waals surface area contributed by atoms with Gasteiger partial charge in [0.25, 0.3) is 6.43 Å². The van der Waals surface area contributed by atoms with E-state index in [9.17, 15) is 13.6 Å². The van der Waals surface area contributed by atoms with Crippen LogP contribution in [-0.2, 0) is 13.6 Å². The molecule has 0 saturated carbocycles. The zero-order valence-corrected chi connectivity index (χ0v) is 16.5. The molecule has 3 aromatic rings. The van der Waals surface area contributed by atoms with Gasteiger partial charge in [-0.2, -0.15) is 0 Å². The fourth-order valence-electron chi connectivity index (χ4n) is 3.53. The number of nitrogens with zero attached hydrogens (tertiary/aromatic N) is 6. The third-order valence-corrected chi connectivity index (χ3v) is 5.22. The highest BCUT2D eigenvalue weighted by Crippen LogP contribution is 2.27. The van der Waals surface area contributed by atoms with Gasteiger partial charge in [0.15, 0.2) is 6.61 Å². The third-order valence-electron chi connectivity index (χ3n) is 5.22. The van der Waals surface area contributed by atoms with Crippen LogP contribution in [0.2, 0.25) is 0 Å². The monoisotopic (exact) mass is 416 g/mol. The summed E-state index contributed by atoms with van der Waals surface area (Å²) in [6.07, 6.45) is 0.290. The lowest BCUT2D eigenvalue weighted by Gasteiger charge is -2.36. The van der Waals surface area contributed by atoms with Crippen LogP contribution in [-0.4, -0.2) is 63.6 Å². The van der Waals surface area contributed by atoms with Crippen LogP contribution >= 0.6 is 0 Å². The molecule has 1 aliphatic rings. The highest BCUT2D eigenvalue weighted by molar-refractivity contribution is 5.86. The lowest BCUT2D eigenvalue weighted by Crippen LogP contribution is -2.46. The van der Waals surface area contributed by atoms with Crippen LogP contribution in [0.15, 0.2) is 41.6 Å². The van der Waals surface area contributed by atoms with E-state index >= 15 is 0 Å². The topological polar surface area (TPSA) is 76.4 Å². The van der Waals surface area contributed by atoms with Crippen molar-refractivity contribution in [3.8, 4) is 5.88 Å². The van der Waals surface area contributed by atoms with Gasteiger partial charge in [0, 0.05) is 57.3 Å². The van der Waals surface area contributed by atoms with Crippen LogP contribution in [0.5, 0.6) is 5.88 Å². The van der Waals surface area contributed by atoms with E-state index in [4.69, 9.17) is 4.74 Å². The molecule has 158 valence electrons.